The Bertz CT molecular complexity index is 749. The topological polar surface area (TPSA) is 56.8 Å². The Balaban J connectivity index is 2.21. The SMILES string of the molecule is CCCCOc1ccccc1NC(=O)c1cc(Br)c(OCC)c(OC)c1. The fourth-order valence-corrected chi connectivity index (χ4v) is 2.91. The van der Waals surface area contributed by atoms with Crippen LogP contribution < -0.4 is 19.5 Å². The third-order valence-corrected chi connectivity index (χ3v) is 4.26. The van der Waals surface area contributed by atoms with Crippen LogP contribution in [-0.2, 0) is 0 Å². The summed E-state index contributed by atoms with van der Waals surface area (Å²) in [5.74, 6) is 1.48. The van der Waals surface area contributed by atoms with Gasteiger partial charge in [-0.15, -0.1) is 0 Å². The average Bonchev–Trinajstić information content (AvgIpc) is 2.64. The van der Waals surface area contributed by atoms with E-state index in [1.807, 2.05) is 31.2 Å². The lowest BCUT2D eigenvalue weighted by molar-refractivity contribution is 0.102. The Labute approximate surface area is 162 Å². The minimum atomic E-state index is -0.251. The number of ether oxygens (including phenoxy) is 3. The van der Waals surface area contributed by atoms with Crippen LogP contribution in [0.5, 0.6) is 17.2 Å². The van der Waals surface area contributed by atoms with Crippen molar-refractivity contribution < 1.29 is 19.0 Å². The molecule has 2 rings (SSSR count). The van der Waals surface area contributed by atoms with Crippen molar-refractivity contribution >= 4 is 27.5 Å². The van der Waals surface area contributed by atoms with Crippen molar-refractivity contribution in [3.63, 3.8) is 0 Å². The quantitative estimate of drug-likeness (QED) is 0.558. The molecule has 0 atom stereocenters. The smallest absolute Gasteiger partial charge is 0.255 e. The lowest BCUT2D eigenvalue weighted by Gasteiger charge is -2.15. The molecule has 0 saturated carbocycles. The van der Waals surface area contributed by atoms with E-state index in [4.69, 9.17) is 14.2 Å². The van der Waals surface area contributed by atoms with Crippen LogP contribution in [0.25, 0.3) is 0 Å². The van der Waals surface area contributed by atoms with Crippen molar-refractivity contribution in [3.8, 4) is 17.2 Å². The first kappa shape index (κ1) is 20.1. The Morgan fingerprint density at radius 2 is 1.88 bits per heavy atom. The number of unbranched alkanes of at least 4 members (excludes halogenated alkanes) is 1. The van der Waals surface area contributed by atoms with Crippen LogP contribution in [0.3, 0.4) is 0 Å². The third kappa shape index (κ3) is 5.14. The monoisotopic (exact) mass is 421 g/mol. The second kappa shape index (κ2) is 10.1. The van der Waals surface area contributed by atoms with Crippen LogP contribution >= 0.6 is 15.9 Å². The highest BCUT2D eigenvalue weighted by molar-refractivity contribution is 9.10. The molecule has 0 aliphatic rings. The second-order valence-electron chi connectivity index (χ2n) is 5.57. The van der Waals surface area contributed by atoms with E-state index < -0.39 is 0 Å². The highest BCUT2D eigenvalue weighted by Crippen LogP contribution is 2.37. The van der Waals surface area contributed by atoms with E-state index in [-0.39, 0.29) is 5.91 Å². The number of hydrogen-bond donors (Lipinski definition) is 1. The molecule has 5 nitrogen and oxygen atoms in total. The number of rotatable bonds is 9. The number of nitrogens with one attached hydrogen (secondary N) is 1. The van der Waals surface area contributed by atoms with Gasteiger partial charge in [-0.05, 0) is 53.5 Å². The largest absolute Gasteiger partial charge is 0.493 e. The number of para-hydroxylation sites is 2. The van der Waals surface area contributed by atoms with Crippen LogP contribution in [0.2, 0.25) is 0 Å². The highest BCUT2D eigenvalue weighted by Gasteiger charge is 2.16. The molecule has 0 aliphatic heterocycles. The molecule has 2 aromatic carbocycles. The number of carbonyl (C=O) groups is 1. The van der Waals surface area contributed by atoms with E-state index in [0.29, 0.717) is 46.2 Å². The summed E-state index contributed by atoms with van der Waals surface area (Å²) >= 11 is 3.44. The summed E-state index contributed by atoms with van der Waals surface area (Å²) in [6.07, 6.45) is 2.01. The Morgan fingerprint density at radius 1 is 1.12 bits per heavy atom. The van der Waals surface area contributed by atoms with E-state index in [9.17, 15) is 4.79 Å². The zero-order valence-electron chi connectivity index (χ0n) is 15.3. The molecule has 0 heterocycles. The van der Waals surface area contributed by atoms with Gasteiger partial charge in [-0.1, -0.05) is 25.5 Å². The van der Waals surface area contributed by atoms with Gasteiger partial charge in [0.25, 0.3) is 5.91 Å². The number of benzene rings is 2. The fourth-order valence-electron chi connectivity index (χ4n) is 2.35. The Morgan fingerprint density at radius 3 is 2.58 bits per heavy atom. The van der Waals surface area contributed by atoms with E-state index >= 15 is 0 Å². The van der Waals surface area contributed by atoms with Gasteiger partial charge < -0.3 is 19.5 Å². The number of carbonyl (C=O) groups excluding carboxylic acids is 1. The van der Waals surface area contributed by atoms with E-state index in [1.165, 1.54) is 0 Å². The number of methoxy groups -OCH3 is 1. The van der Waals surface area contributed by atoms with Crippen molar-refractivity contribution in [3.05, 3.63) is 46.4 Å². The molecular weight excluding hydrogens is 398 g/mol. The summed E-state index contributed by atoms with van der Waals surface area (Å²) in [7, 11) is 1.54. The van der Waals surface area contributed by atoms with Gasteiger partial charge >= 0.3 is 0 Å². The van der Waals surface area contributed by atoms with E-state index in [0.717, 1.165) is 12.8 Å². The first-order chi connectivity index (χ1) is 12.6. The van der Waals surface area contributed by atoms with Gasteiger partial charge in [-0.25, -0.2) is 0 Å². The summed E-state index contributed by atoms with van der Waals surface area (Å²) in [6, 6.07) is 10.8. The van der Waals surface area contributed by atoms with Crippen molar-refractivity contribution in [1.29, 1.82) is 0 Å². The van der Waals surface area contributed by atoms with Crippen LogP contribution in [0, 0.1) is 0 Å². The molecule has 0 radical (unpaired) electrons. The molecule has 26 heavy (non-hydrogen) atoms. The molecule has 0 bridgehead atoms. The predicted molar refractivity (Wildman–Crippen MR) is 107 cm³/mol. The maximum atomic E-state index is 12.7. The minimum absolute atomic E-state index is 0.251. The van der Waals surface area contributed by atoms with Crippen LogP contribution in [0.15, 0.2) is 40.9 Å². The molecule has 0 aliphatic carbocycles. The summed E-state index contributed by atoms with van der Waals surface area (Å²) in [5.41, 5.74) is 1.10. The van der Waals surface area contributed by atoms with Gasteiger partial charge in [0, 0.05) is 5.56 Å². The van der Waals surface area contributed by atoms with Gasteiger partial charge in [-0.2, -0.15) is 0 Å². The summed E-state index contributed by atoms with van der Waals surface area (Å²) in [4.78, 5) is 12.7. The van der Waals surface area contributed by atoms with Gasteiger partial charge in [0.05, 0.1) is 30.5 Å². The molecular formula is C20H24BrNO4. The van der Waals surface area contributed by atoms with Crippen molar-refractivity contribution in [2.75, 3.05) is 25.6 Å². The van der Waals surface area contributed by atoms with Crippen LogP contribution in [0.4, 0.5) is 5.69 Å². The normalized spacial score (nSPS) is 10.3. The molecule has 0 unspecified atom stereocenters. The third-order valence-electron chi connectivity index (χ3n) is 3.67. The molecule has 1 N–H and O–H groups in total. The van der Waals surface area contributed by atoms with Gasteiger partial charge in [-0.3, -0.25) is 4.79 Å². The maximum absolute atomic E-state index is 12.7. The zero-order chi connectivity index (χ0) is 18.9. The molecule has 0 fully saturated rings. The predicted octanol–water partition coefficient (Wildman–Crippen LogP) is 5.29. The molecule has 140 valence electrons. The zero-order valence-corrected chi connectivity index (χ0v) is 16.9. The number of halogens is 1. The Kier molecular flexibility index (Phi) is 7.78. The van der Waals surface area contributed by atoms with E-state index in [2.05, 4.69) is 28.2 Å². The van der Waals surface area contributed by atoms with Crippen molar-refractivity contribution in [2.45, 2.75) is 26.7 Å². The maximum Gasteiger partial charge on any atom is 0.255 e. The molecule has 6 heteroatoms. The standard InChI is InChI=1S/C20H24BrNO4/c1-4-6-11-26-17-10-8-7-9-16(17)22-20(23)14-12-15(21)19(25-5-2)18(13-14)24-3/h7-10,12-13H,4-6,11H2,1-3H3,(H,22,23). The summed E-state index contributed by atoms with van der Waals surface area (Å²) < 4.78 is 17.3. The van der Waals surface area contributed by atoms with Crippen molar-refractivity contribution in [2.24, 2.45) is 0 Å². The molecule has 2 aromatic rings. The fraction of sp³-hybridized carbons (Fsp3) is 0.350. The second-order valence-corrected chi connectivity index (χ2v) is 6.43. The lowest BCUT2D eigenvalue weighted by Crippen LogP contribution is -2.13. The minimum Gasteiger partial charge on any atom is -0.493 e. The Hall–Kier alpha value is -2.21. The molecule has 0 saturated heterocycles. The summed E-state index contributed by atoms with van der Waals surface area (Å²) in [6.45, 7) is 5.12. The highest BCUT2D eigenvalue weighted by atomic mass is 79.9. The average molecular weight is 422 g/mol. The van der Waals surface area contributed by atoms with Crippen molar-refractivity contribution in [1.82, 2.24) is 0 Å². The van der Waals surface area contributed by atoms with Gasteiger partial charge in [0.1, 0.15) is 5.75 Å². The first-order valence-corrected chi connectivity index (χ1v) is 9.43. The number of amides is 1. The summed E-state index contributed by atoms with van der Waals surface area (Å²) in [5, 5.41) is 2.90. The van der Waals surface area contributed by atoms with E-state index in [1.54, 1.807) is 19.2 Å². The van der Waals surface area contributed by atoms with Crippen LogP contribution in [0.1, 0.15) is 37.0 Å². The molecule has 0 aromatic heterocycles. The van der Waals surface area contributed by atoms with Gasteiger partial charge in [0.15, 0.2) is 11.5 Å². The number of hydrogen-bond acceptors (Lipinski definition) is 4. The molecule has 1 amide bonds. The molecule has 0 spiro atoms. The van der Waals surface area contributed by atoms with Gasteiger partial charge in [0.2, 0.25) is 0 Å². The van der Waals surface area contributed by atoms with Crippen LogP contribution in [-0.4, -0.2) is 26.2 Å². The first-order valence-electron chi connectivity index (χ1n) is 8.64. The number of anilines is 1. The lowest BCUT2D eigenvalue weighted by atomic mass is 10.1.